The summed E-state index contributed by atoms with van der Waals surface area (Å²) >= 11 is 0. The second-order valence-electron chi connectivity index (χ2n) is 6.33. The lowest BCUT2D eigenvalue weighted by Crippen LogP contribution is -2.02. The van der Waals surface area contributed by atoms with Gasteiger partial charge in [-0.05, 0) is 24.0 Å². The lowest BCUT2D eigenvalue weighted by atomic mass is 9.98. The zero-order valence-corrected chi connectivity index (χ0v) is 14.9. The summed E-state index contributed by atoms with van der Waals surface area (Å²) in [5.41, 5.74) is 4.55. The molecular formula is C23H21N3. The molecular weight excluding hydrogens is 318 g/mol. The third-order valence-corrected chi connectivity index (χ3v) is 4.50. The molecule has 0 saturated carbocycles. The van der Waals surface area contributed by atoms with Crippen LogP contribution >= 0.6 is 0 Å². The van der Waals surface area contributed by atoms with Crippen LogP contribution in [-0.4, -0.2) is 15.0 Å². The van der Waals surface area contributed by atoms with Crippen molar-refractivity contribution in [1.82, 2.24) is 15.0 Å². The van der Waals surface area contributed by atoms with Crippen molar-refractivity contribution >= 4 is 5.57 Å². The van der Waals surface area contributed by atoms with Gasteiger partial charge < -0.3 is 0 Å². The van der Waals surface area contributed by atoms with Crippen LogP contribution in [-0.2, 0) is 6.42 Å². The van der Waals surface area contributed by atoms with Crippen LogP contribution in [0.25, 0.3) is 28.3 Å². The second-order valence-corrected chi connectivity index (χ2v) is 6.33. The number of aryl methyl sites for hydroxylation is 1. The highest BCUT2D eigenvalue weighted by Crippen LogP contribution is 2.25. The Labute approximate surface area is 154 Å². The molecule has 0 unspecified atom stereocenters. The minimum atomic E-state index is 0.731. The van der Waals surface area contributed by atoms with Gasteiger partial charge in [-0.15, -0.1) is 0 Å². The van der Waals surface area contributed by atoms with E-state index in [9.17, 15) is 0 Å². The predicted octanol–water partition coefficient (Wildman–Crippen LogP) is 5.50. The molecule has 3 nitrogen and oxygen atoms in total. The van der Waals surface area contributed by atoms with E-state index < -0.39 is 0 Å². The first-order valence-corrected chi connectivity index (χ1v) is 9.11. The molecule has 26 heavy (non-hydrogen) atoms. The van der Waals surface area contributed by atoms with Gasteiger partial charge in [0.2, 0.25) is 0 Å². The Kier molecular flexibility index (Phi) is 4.69. The summed E-state index contributed by atoms with van der Waals surface area (Å²) in [6.07, 6.45) is 9.75. The quantitative estimate of drug-likeness (QED) is 0.630. The van der Waals surface area contributed by atoms with Gasteiger partial charge in [0.05, 0.1) is 0 Å². The van der Waals surface area contributed by atoms with E-state index in [2.05, 4.69) is 59.4 Å². The van der Waals surface area contributed by atoms with E-state index in [0.29, 0.717) is 0 Å². The Bertz CT molecular complexity index is 955. The lowest BCUT2D eigenvalue weighted by Gasteiger charge is -2.09. The predicted molar refractivity (Wildman–Crippen MR) is 106 cm³/mol. The molecule has 0 N–H and O–H groups in total. The van der Waals surface area contributed by atoms with Gasteiger partial charge in [0.25, 0.3) is 0 Å². The fourth-order valence-electron chi connectivity index (χ4n) is 3.06. The van der Waals surface area contributed by atoms with Crippen molar-refractivity contribution in [3.05, 3.63) is 84.2 Å². The number of rotatable bonds is 4. The molecule has 0 radical (unpaired) electrons. The standard InChI is InChI=1S/C23H21N3/c1-2-21-24-22(19-11-7-4-8-12-19)26-23(25-21)20-15-13-18(14-16-20)17-9-5-3-6-10-17/h4-5,7-16H,2-3,6H2,1H3. The molecule has 0 spiro atoms. The van der Waals surface area contributed by atoms with Crippen LogP contribution in [0.2, 0.25) is 0 Å². The second kappa shape index (κ2) is 7.44. The normalized spacial score (nSPS) is 13.5. The monoisotopic (exact) mass is 339 g/mol. The number of allylic oxidation sites excluding steroid dienone is 4. The number of hydrogen-bond donors (Lipinski definition) is 0. The van der Waals surface area contributed by atoms with Crippen molar-refractivity contribution in [2.24, 2.45) is 0 Å². The minimum Gasteiger partial charge on any atom is -0.213 e. The van der Waals surface area contributed by atoms with Gasteiger partial charge in [-0.3, -0.25) is 0 Å². The van der Waals surface area contributed by atoms with Crippen LogP contribution in [0.4, 0.5) is 0 Å². The summed E-state index contributed by atoms with van der Waals surface area (Å²) in [6, 6.07) is 18.6. The number of nitrogens with zero attached hydrogens (tertiary/aromatic N) is 3. The highest BCUT2D eigenvalue weighted by Gasteiger charge is 2.10. The van der Waals surface area contributed by atoms with Crippen molar-refractivity contribution in [3.8, 4) is 22.8 Å². The van der Waals surface area contributed by atoms with E-state index in [-0.39, 0.29) is 0 Å². The molecule has 2 aromatic carbocycles. The van der Waals surface area contributed by atoms with Crippen molar-refractivity contribution in [3.63, 3.8) is 0 Å². The molecule has 0 atom stereocenters. The Morgan fingerprint density at radius 2 is 1.38 bits per heavy atom. The van der Waals surface area contributed by atoms with E-state index in [0.717, 1.165) is 47.9 Å². The van der Waals surface area contributed by atoms with Crippen molar-refractivity contribution in [2.45, 2.75) is 26.2 Å². The largest absolute Gasteiger partial charge is 0.213 e. The fourth-order valence-corrected chi connectivity index (χ4v) is 3.06. The van der Waals surface area contributed by atoms with Gasteiger partial charge >= 0.3 is 0 Å². The number of hydrogen-bond acceptors (Lipinski definition) is 3. The van der Waals surface area contributed by atoms with E-state index in [1.807, 2.05) is 30.3 Å². The van der Waals surface area contributed by atoms with Gasteiger partial charge in [0.1, 0.15) is 5.82 Å². The van der Waals surface area contributed by atoms with Gasteiger partial charge in [0, 0.05) is 17.5 Å². The van der Waals surface area contributed by atoms with Crippen LogP contribution < -0.4 is 0 Å². The smallest absolute Gasteiger partial charge is 0.163 e. The molecule has 3 heteroatoms. The average Bonchev–Trinajstić information content (AvgIpc) is 2.75. The van der Waals surface area contributed by atoms with Crippen LogP contribution in [0, 0.1) is 0 Å². The molecule has 0 bridgehead atoms. The molecule has 1 aromatic heterocycles. The third kappa shape index (κ3) is 3.47. The SMILES string of the molecule is CCc1nc(-c2ccccc2)nc(-c2ccc(C3=CCCC=C3)cc2)n1. The van der Waals surface area contributed by atoms with Crippen molar-refractivity contribution in [1.29, 1.82) is 0 Å². The third-order valence-electron chi connectivity index (χ3n) is 4.50. The molecule has 4 rings (SSSR count). The molecule has 1 aliphatic rings. The topological polar surface area (TPSA) is 38.7 Å². The fraction of sp³-hybridized carbons (Fsp3) is 0.174. The molecule has 0 amide bonds. The maximum atomic E-state index is 4.71. The first kappa shape index (κ1) is 16.4. The van der Waals surface area contributed by atoms with Crippen LogP contribution in [0.3, 0.4) is 0 Å². The summed E-state index contributed by atoms with van der Waals surface area (Å²) in [5, 5.41) is 0. The zero-order chi connectivity index (χ0) is 17.8. The lowest BCUT2D eigenvalue weighted by molar-refractivity contribution is 0.910. The Morgan fingerprint density at radius 3 is 2.00 bits per heavy atom. The van der Waals surface area contributed by atoms with E-state index >= 15 is 0 Å². The highest BCUT2D eigenvalue weighted by atomic mass is 15.0. The maximum Gasteiger partial charge on any atom is 0.163 e. The number of aromatic nitrogens is 3. The summed E-state index contributed by atoms with van der Waals surface area (Å²) in [7, 11) is 0. The molecule has 0 fully saturated rings. The van der Waals surface area contributed by atoms with Crippen molar-refractivity contribution in [2.75, 3.05) is 0 Å². The minimum absolute atomic E-state index is 0.731. The first-order chi connectivity index (χ1) is 12.8. The van der Waals surface area contributed by atoms with Gasteiger partial charge in [0.15, 0.2) is 11.6 Å². The van der Waals surface area contributed by atoms with Crippen molar-refractivity contribution < 1.29 is 0 Å². The molecule has 1 heterocycles. The first-order valence-electron chi connectivity index (χ1n) is 9.11. The number of benzene rings is 2. The summed E-state index contributed by atoms with van der Waals surface area (Å²) in [5.74, 6) is 2.28. The zero-order valence-electron chi connectivity index (χ0n) is 14.9. The van der Waals surface area contributed by atoms with E-state index in [4.69, 9.17) is 4.98 Å². The maximum absolute atomic E-state index is 4.71. The Morgan fingerprint density at radius 1 is 0.731 bits per heavy atom. The van der Waals surface area contributed by atoms with E-state index in [1.54, 1.807) is 0 Å². The molecule has 0 saturated heterocycles. The van der Waals surface area contributed by atoms with Crippen LogP contribution in [0.15, 0.2) is 72.8 Å². The summed E-state index contributed by atoms with van der Waals surface area (Å²) in [6.45, 7) is 2.07. The van der Waals surface area contributed by atoms with Gasteiger partial charge in [-0.1, -0.05) is 79.7 Å². The van der Waals surface area contributed by atoms with Gasteiger partial charge in [-0.2, -0.15) is 0 Å². The molecule has 0 aliphatic heterocycles. The average molecular weight is 339 g/mol. The highest BCUT2D eigenvalue weighted by molar-refractivity contribution is 5.76. The summed E-state index contributed by atoms with van der Waals surface area (Å²) in [4.78, 5) is 14.0. The summed E-state index contributed by atoms with van der Waals surface area (Å²) < 4.78 is 0. The van der Waals surface area contributed by atoms with Gasteiger partial charge in [-0.25, -0.2) is 15.0 Å². The van der Waals surface area contributed by atoms with Crippen LogP contribution in [0.1, 0.15) is 31.2 Å². The molecule has 3 aromatic rings. The van der Waals surface area contributed by atoms with E-state index in [1.165, 1.54) is 11.1 Å². The van der Waals surface area contributed by atoms with Crippen LogP contribution in [0.5, 0.6) is 0 Å². The Balaban J connectivity index is 1.71. The Hall–Kier alpha value is -3.07. The molecule has 1 aliphatic carbocycles. The molecule has 128 valence electrons.